The lowest BCUT2D eigenvalue weighted by Crippen LogP contribution is -1.84. The fourth-order valence-electron chi connectivity index (χ4n) is 1.38. The van der Waals surface area contributed by atoms with Gasteiger partial charge in [-0.1, -0.05) is 47.2 Å². The molecule has 0 saturated carbocycles. The maximum atomic E-state index is 9.14. The highest BCUT2D eigenvalue weighted by Gasteiger charge is 2.14. The summed E-state index contributed by atoms with van der Waals surface area (Å²) in [5, 5.41) is 21.4. The number of hydrogen-bond acceptors (Lipinski definition) is 4. The van der Waals surface area contributed by atoms with Gasteiger partial charge in [-0.25, -0.2) is 0 Å². The van der Waals surface area contributed by atoms with E-state index in [1.807, 2.05) is 30.3 Å². The fourth-order valence-corrected chi connectivity index (χ4v) is 2.19. The van der Waals surface area contributed by atoms with Crippen LogP contribution in [0.15, 0.2) is 52.5 Å². The monoisotopic (exact) mass is 228 g/mol. The normalized spacial score (nSPS) is 19.8. The summed E-state index contributed by atoms with van der Waals surface area (Å²) in [5.74, 6) is 0. The zero-order chi connectivity index (χ0) is 11.4. The molecule has 0 amide bonds. The van der Waals surface area contributed by atoms with E-state index in [4.69, 9.17) is 10.5 Å². The van der Waals surface area contributed by atoms with Crippen molar-refractivity contribution in [1.29, 1.82) is 5.26 Å². The standard InChI is InChI=1S/C12H8N2OS/c13-8-10(9-4-2-1-3-5-9)11-6-7-12(14-15)16-11/h1-7,15H. The van der Waals surface area contributed by atoms with E-state index in [1.165, 1.54) is 11.8 Å². The van der Waals surface area contributed by atoms with Crippen molar-refractivity contribution in [2.45, 2.75) is 0 Å². The van der Waals surface area contributed by atoms with E-state index in [9.17, 15) is 0 Å². The molecule has 2 rings (SSSR count). The van der Waals surface area contributed by atoms with Gasteiger partial charge in [0.25, 0.3) is 0 Å². The predicted octanol–water partition coefficient (Wildman–Crippen LogP) is 3.01. The number of benzene rings is 1. The van der Waals surface area contributed by atoms with Crippen LogP contribution >= 0.6 is 11.8 Å². The Bertz CT molecular complexity index is 524. The van der Waals surface area contributed by atoms with E-state index in [1.54, 1.807) is 12.2 Å². The molecule has 1 aromatic rings. The van der Waals surface area contributed by atoms with Gasteiger partial charge >= 0.3 is 0 Å². The molecule has 0 radical (unpaired) electrons. The van der Waals surface area contributed by atoms with Crippen LogP contribution in [0.5, 0.6) is 0 Å². The van der Waals surface area contributed by atoms with Crippen LogP contribution in [0.25, 0.3) is 5.57 Å². The third-order valence-corrected chi connectivity index (χ3v) is 3.10. The first-order valence-electron chi connectivity index (χ1n) is 4.63. The first kappa shape index (κ1) is 10.5. The Morgan fingerprint density at radius 1 is 1.25 bits per heavy atom. The molecule has 1 N–H and O–H groups in total. The van der Waals surface area contributed by atoms with Crippen molar-refractivity contribution in [3.63, 3.8) is 0 Å². The SMILES string of the molecule is N#CC(=C1C=CC(=NO)S1)c1ccccc1. The fraction of sp³-hybridized carbons (Fsp3) is 0. The average Bonchev–Trinajstić information content (AvgIpc) is 2.80. The third kappa shape index (κ3) is 2.00. The lowest BCUT2D eigenvalue weighted by Gasteiger charge is -2.01. The zero-order valence-corrected chi connectivity index (χ0v) is 9.11. The summed E-state index contributed by atoms with van der Waals surface area (Å²) in [4.78, 5) is 0.807. The van der Waals surface area contributed by atoms with Crippen LogP contribution < -0.4 is 0 Å². The number of nitrogens with zero attached hydrogens (tertiary/aromatic N) is 2. The minimum atomic E-state index is 0.499. The second-order valence-electron chi connectivity index (χ2n) is 3.09. The molecule has 0 aromatic heterocycles. The van der Waals surface area contributed by atoms with Gasteiger partial charge < -0.3 is 5.21 Å². The van der Waals surface area contributed by atoms with Gasteiger partial charge in [-0.15, -0.1) is 0 Å². The third-order valence-electron chi connectivity index (χ3n) is 2.11. The predicted molar refractivity (Wildman–Crippen MR) is 64.9 cm³/mol. The molecule has 16 heavy (non-hydrogen) atoms. The van der Waals surface area contributed by atoms with Crippen molar-refractivity contribution in [3.05, 3.63) is 53.0 Å². The van der Waals surface area contributed by atoms with Gasteiger partial charge in [0.2, 0.25) is 0 Å². The van der Waals surface area contributed by atoms with Gasteiger partial charge in [0.05, 0.1) is 5.57 Å². The maximum Gasteiger partial charge on any atom is 0.140 e. The second-order valence-corrected chi connectivity index (χ2v) is 4.15. The summed E-state index contributed by atoms with van der Waals surface area (Å²) in [5.41, 5.74) is 1.47. The summed E-state index contributed by atoms with van der Waals surface area (Å²) in [7, 11) is 0. The van der Waals surface area contributed by atoms with E-state index in [0.717, 1.165) is 10.5 Å². The quantitative estimate of drug-likeness (QED) is 0.456. The molecule has 0 saturated heterocycles. The van der Waals surface area contributed by atoms with Gasteiger partial charge in [0, 0.05) is 4.91 Å². The molecular formula is C12H8N2OS. The van der Waals surface area contributed by atoms with E-state index in [0.29, 0.717) is 10.6 Å². The molecule has 1 aliphatic heterocycles. The Balaban J connectivity index is 2.43. The number of thioether (sulfide) groups is 1. The summed E-state index contributed by atoms with van der Waals surface area (Å²) in [6, 6.07) is 11.6. The largest absolute Gasteiger partial charge is 0.410 e. The van der Waals surface area contributed by atoms with Crippen LogP contribution in [0.3, 0.4) is 0 Å². The lowest BCUT2D eigenvalue weighted by molar-refractivity contribution is 0.321. The average molecular weight is 228 g/mol. The van der Waals surface area contributed by atoms with Gasteiger partial charge in [0.15, 0.2) is 0 Å². The first-order chi connectivity index (χ1) is 7.85. The molecule has 0 unspecified atom stereocenters. The number of allylic oxidation sites excluding steroid dienone is 2. The number of oxime groups is 1. The first-order valence-corrected chi connectivity index (χ1v) is 5.44. The van der Waals surface area contributed by atoms with Crippen molar-refractivity contribution in [2.24, 2.45) is 5.16 Å². The van der Waals surface area contributed by atoms with Crippen LogP contribution in [-0.4, -0.2) is 10.3 Å². The molecule has 0 spiro atoms. The Kier molecular flexibility index (Phi) is 3.08. The molecule has 1 aromatic carbocycles. The summed E-state index contributed by atoms with van der Waals surface area (Å²) in [6.07, 6.45) is 3.46. The van der Waals surface area contributed by atoms with Crippen LogP contribution in [0.2, 0.25) is 0 Å². The van der Waals surface area contributed by atoms with E-state index < -0.39 is 0 Å². The van der Waals surface area contributed by atoms with Crippen LogP contribution in [0.1, 0.15) is 5.56 Å². The molecule has 4 heteroatoms. The summed E-state index contributed by atoms with van der Waals surface area (Å²) >= 11 is 1.28. The van der Waals surface area contributed by atoms with Gasteiger partial charge in [-0.2, -0.15) is 5.26 Å². The smallest absolute Gasteiger partial charge is 0.140 e. The molecule has 0 fully saturated rings. The van der Waals surface area contributed by atoms with Crippen molar-refractivity contribution in [3.8, 4) is 6.07 Å². The van der Waals surface area contributed by atoms with Gasteiger partial charge in [-0.05, 0) is 17.7 Å². The lowest BCUT2D eigenvalue weighted by atomic mass is 10.1. The molecule has 1 aliphatic rings. The van der Waals surface area contributed by atoms with Crippen molar-refractivity contribution in [2.75, 3.05) is 0 Å². The minimum Gasteiger partial charge on any atom is -0.410 e. The topological polar surface area (TPSA) is 56.4 Å². The van der Waals surface area contributed by atoms with Crippen LogP contribution in [-0.2, 0) is 0 Å². The van der Waals surface area contributed by atoms with Crippen LogP contribution in [0, 0.1) is 11.3 Å². The molecule has 1 heterocycles. The second kappa shape index (κ2) is 4.69. The summed E-state index contributed by atoms with van der Waals surface area (Å²) < 4.78 is 0. The number of rotatable bonds is 1. The number of nitriles is 1. The van der Waals surface area contributed by atoms with Gasteiger partial charge in [0.1, 0.15) is 11.1 Å². The molecule has 0 atom stereocenters. The highest BCUT2D eigenvalue weighted by molar-refractivity contribution is 8.18. The Morgan fingerprint density at radius 3 is 2.56 bits per heavy atom. The highest BCUT2D eigenvalue weighted by atomic mass is 32.2. The summed E-state index contributed by atoms with van der Waals surface area (Å²) in [6.45, 7) is 0. The minimum absolute atomic E-state index is 0.499. The molecule has 0 aliphatic carbocycles. The highest BCUT2D eigenvalue weighted by Crippen LogP contribution is 2.33. The number of hydrogen-bond donors (Lipinski definition) is 1. The molecule has 78 valence electrons. The van der Waals surface area contributed by atoms with Crippen molar-refractivity contribution >= 4 is 22.4 Å². The molecular weight excluding hydrogens is 220 g/mol. The Morgan fingerprint density at radius 2 is 2.00 bits per heavy atom. The Hall–Kier alpha value is -1.99. The van der Waals surface area contributed by atoms with E-state index in [-0.39, 0.29) is 0 Å². The maximum absolute atomic E-state index is 9.14. The van der Waals surface area contributed by atoms with Gasteiger partial charge in [-0.3, -0.25) is 0 Å². The van der Waals surface area contributed by atoms with Crippen molar-refractivity contribution in [1.82, 2.24) is 0 Å². The van der Waals surface area contributed by atoms with E-state index >= 15 is 0 Å². The molecule has 0 bridgehead atoms. The van der Waals surface area contributed by atoms with Crippen LogP contribution in [0.4, 0.5) is 0 Å². The molecule has 3 nitrogen and oxygen atoms in total. The zero-order valence-electron chi connectivity index (χ0n) is 8.29. The Labute approximate surface area is 97.4 Å². The van der Waals surface area contributed by atoms with E-state index in [2.05, 4.69) is 11.2 Å². The van der Waals surface area contributed by atoms with Crippen molar-refractivity contribution < 1.29 is 5.21 Å².